The Bertz CT molecular complexity index is 847. The summed E-state index contributed by atoms with van der Waals surface area (Å²) in [6.07, 6.45) is 2.17. The maximum Gasteiger partial charge on any atom is 0.242 e. The number of fused-ring (bicyclic) bond motifs is 1. The van der Waals surface area contributed by atoms with Crippen molar-refractivity contribution in [2.45, 2.75) is 46.1 Å². The normalized spacial score (nSPS) is 16.0. The molecule has 1 aliphatic rings. The fraction of sp³-hybridized carbons (Fsp3) is 0.478. The van der Waals surface area contributed by atoms with Crippen molar-refractivity contribution < 1.29 is 9.59 Å². The van der Waals surface area contributed by atoms with Gasteiger partial charge < -0.3 is 9.80 Å². The quantitative estimate of drug-likeness (QED) is 0.606. The number of thiophene rings is 1. The van der Waals surface area contributed by atoms with Crippen LogP contribution in [-0.4, -0.2) is 41.2 Å². The summed E-state index contributed by atoms with van der Waals surface area (Å²) in [5.74, 6) is 0.348. The molecular weight excluding hydrogens is 404 g/mol. The molecule has 6 heteroatoms. The van der Waals surface area contributed by atoms with Crippen LogP contribution in [0.2, 0.25) is 5.02 Å². The lowest BCUT2D eigenvalue weighted by atomic mass is 9.93. The van der Waals surface area contributed by atoms with Gasteiger partial charge in [0, 0.05) is 29.4 Å². The van der Waals surface area contributed by atoms with Crippen molar-refractivity contribution in [1.82, 2.24) is 9.80 Å². The summed E-state index contributed by atoms with van der Waals surface area (Å²) in [5, 5.41) is 2.78. The van der Waals surface area contributed by atoms with Gasteiger partial charge in [0.25, 0.3) is 0 Å². The Morgan fingerprint density at radius 3 is 2.62 bits per heavy atom. The van der Waals surface area contributed by atoms with E-state index in [0.717, 1.165) is 18.4 Å². The number of halogens is 1. The minimum atomic E-state index is -0.126. The van der Waals surface area contributed by atoms with Crippen LogP contribution in [0.25, 0.3) is 0 Å². The molecule has 4 nitrogen and oxygen atoms in total. The molecule has 2 heterocycles. The Labute approximate surface area is 182 Å². The largest absolute Gasteiger partial charge is 0.333 e. The molecule has 0 saturated heterocycles. The number of hydrogen-bond donors (Lipinski definition) is 0. The highest BCUT2D eigenvalue weighted by Crippen LogP contribution is 2.38. The molecule has 1 atom stereocenters. The van der Waals surface area contributed by atoms with E-state index in [4.69, 9.17) is 11.6 Å². The van der Waals surface area contributed by atoms with Gasteiger partial charge in [0.15, 0.2) is 0 Å². The van der Waals surface area contributed by atoms with Crippen LogP contribution in [0.15, 0.2) is 35.7 Å². The molecule has 0 bridgehead atoms. The van der Waals surface area contributed by atoms with Gasteiger partial charge >= 0.3 is 0 Å². The van der Waals surface area contributed by atoms with E-state index >= 15 is 0 Å². The van der Waals surface area contributed by atoms with Crippen LogP contribution in [0.4, 0.5) is 0 Å². The Balaban J connectivity index is 1.85. The Hall–Kier alpha value is -1.85. The van der Waals surface area contributed by atoms with Gasteiger partial charge in [-0.15, -0.1) is 11.3 Å². The van der Waals surface area contributed by atoms with Crippen LogP contribution in [0, 0.1) is 5.92 Å². The lowest BCUT2D eigenvalue weighted by molar-refractivity contribution is -0.142. The molecule has 1 unspecified atom stereocenters. The fourth-order valence-electron chi connectivity index (χ4n) is 3.88. The zero-order valence-electron chi connectivity index (χ0n) is 17.4. The van der Waals surface area contributed by atoms with E-state index in [9.17, 15) is 9.59 Å². The summed E-state index contributed by atoms with van der Waals surface area (Å²) in [5.41, 5.74) is 2.24. The van der Waals surface area contributed by atoms with Crippen LogP contribution >= 0.6 is 22.9 Å². The number of nitrogens with zero attached hydrogens (tertiary/aromatic N) is 2. The van der Waals surface area contributed by atoms with Crippen molar-refractivity contribution in [2.24, 2.45) is 5.92 Å². The zero-order chi connectivity index (χ0) is 21.0. The average Bonchev–Trinajstić information content (AvgIpc) is 3.16. The monoisotopic (exact) mass is 432 g/mol. The number of benzene rings is 1. The third-order valence-electron chi connectivity index (χ3n) is 5.23. The van der Waals surface area contributed by atoms with Gasteiger partial charge in [-0.1, -0.05) is 44.5 Å². The lowest BCUT2D eigenvalue weighted by Crippen LogP contribution is -2.47. The average molecular weight is 433 g/mol. The van der Waals surface area contributed by atoms with E-state index in [1.54, 1.807) is 16.2 Å². The highest BCUT2D eigenvalue weighted by Gasteiger charge is 2.33. The van der Waals surface area contributed by atoms with E-state index < -0.39 is 0 Å². The highest BCUT2D eigenvalue weighted by molar-refractivity contribution is 7.10. The molecule has 0 N–H and O–H groups in total. The van der Waals surface area contributed by atoms with Crippen molar-refractivity contribution in [1.29, 1.82) is 0 Å². The van der Waals surface area contributed by atoms with Crippen molar-refractivity contribution in [3.05, 3.63) is 56.7 Å². The Morgan fingerprint density at radius 2 is 1.97 bits per heavy atom. The Kier molecular flexibility index (Phi) is 7.36. The van der Waals surface area contributed by atoms with Crippen LogP contribution in [0.5, 0.6) is 0 Å². The topological polar surface area (TPSA) is 40.6 Å². The number of hydrogen-bond acceptors (Lipinski definition) is 3. The molecule has 2 aromatic rings. The minimum absolute atomic E-state index is 0.00681. The first-order valence-corrected chi connectivity index (χ1v) is 11.6. The zero-order valence-corrected chi connectivity index (χ0v) is 18.9. The van der Waals surface area contributed by atoms with Gasteiger partial charge in [0.2, 0.25) is 11.8 Å². The maximum absolute atomic E-state index is 13.4. The van der Waals surface area contributed by atoms with E-state index in [0.29, 0.717) is 24.5 Å². The second-order valence-corrected chi connectivity index (χ2v) is 9.44. The van der Waals surface area contributed by atoms with Gasteiger partial charge in [0.05, 0.1) is 12.6 Å². The van der Waals surface area contributed by atoms with Gasteiger partial charge in [-0.05, 0) is 53.5 Å². The predicted octanol–water partition coefficient (Wildman–Crippen LogP) is 5.16. The van der Waals surface area contributed by atoms with Gasteiger partial charge in [-0.3, -0.25) is 9.59 Å². The highest BCUT2D eigenvalue weighted by atomic mass is 35.5. The minimum Gasteiger partial charge on any atom is -0.333 e. The molecule has 1 aliphatic heterocycles. The molecule has 2 amide bonds. The summed E-state index contributed by atoms with van der Waals surface area (Å²) in [6.45, 7) is 7.52. The molecule has 1 aromatic heterocycles. The second-order valence-electron chi connectivity index (χ2n) is 8.00. The van der Waals surface area contributed by atoms with E-state index in [1.165, 1.54) is 10.4 Å². The molecule has 1 aromatic carbocycles. The Morgan fingerprint density at radius 1 is 1.24 bits per heavy atom. The van der Waals surface area contributed by atoms with Crippen molar-refractivity contribution >= 4 is 34.8 Å². The van der Waals surface area contributed by atoms with Crippen molar-refractivity contribution in [3.8, 4) is 0 Å². The lowest BCUT2D eigenvalue weighted by Gasteiger charge is -2.37. The van der Waals surface area contributed by atoms with E-state index in [1.807, 2.05) is 49.9 Å². The summed E-state index contributed by atoms with van der Waals surface area (Å²) < 4.78 is 0. The molecule has 3 rings (SSSR count). The molecule has 0 radical (unpaired) electrons. The molecule has 156 valence electrons. The predicted molar refractivity (Wildman–Crippen MR) is 119 cm³/mol. The third-order valence-corrected chi connectivity index (χ3v) is 6.48. The van der Waals surface area contributed by atoms with Crippen LogP contribution in [-0.2, 0) is 16.0 Å². The number of rotatable bonds is 7. The summed E-state index contributed by atoms with van der Waals surface area (Å²) in [7, 11) is 0. The van der Waals surface area contributed by atoms with Crippen LogP contribution in [0.3, 0.4) is 0 Å². The van der Waals surface area contributed by atoms with Crippen LogP contribution < -0.4 is 0 Å². The van der Waals surface area contributed by atoms with Gasteiger partial charge in [-0.25, -0.2) is 0 Å². The summed E-state index contributed by atoms with van der Waals surface area (Å²) in [4.78, 5) is 31.0. The number of carbonyl (C=O) groups excluding carboxylic acids is 2. The molecule has 0 aliphatic carbocycles. The smallest absolute Gasteiger partial charge is 0.242 e. The third kappa shape index (κ3) is 5.20. The first-order valence-electron chi connectivity index (χ1n) is 10.3. The molecule has 29 heavy (non-hydrogen) atoms. The van der Waals surface area contributed by atoms with Crippen molar-refractivity contribution in [2.75, 3.05) is 19.6 Å². The molecule has 0 spiro atoms. The van der Waals surface area contributed by atoms with Crippen LogP contribution in [0.1, 0.15) is 55.7 Å². The summed E-state index contributed by atoms with van der Waals surface area (Å²) in [6, 6.07) is 9.72. The first-order chi connectivity index (χ1) is 13.9. The number of amides is 2. The van der Waals surface area contributed by atoms with E-state index in [-0.39, 0.29) is 30.3 Å². The molecule has 0 saturated carbocycles. The van der Waals surface area contributed by atoms with Gasteiger partial charge in [-0.2, -0.15) is 0 Å². The first kappa shape index (κ1) is 21.8. The maximum atomic E-state index is 13.4. The fourth-order valence-corrected chi connectivity index (χ4v) is 4.91. The molecular formula is C23H29ClN2O2S. The van der Waals surface area contributed by atoms with E-state index in [2.05, 4.69) is 11.4 Å². The molecule has 0 fully saturated rings. The number of carbonyl (C=O) groups is 2. The second kappa shape index (κ2) is 9.77. The summed E-state index contributed by atoms with van der Waals surface area (Å²) >= 11 is 7.83. The SMILES string of the molecule is CCCN(CC(=O)N1CCc2sccc2C1c1ccc(Cl)cc1)C(=O)CC(C)C. The standard InChI is InChI=1S/C23H29ClN2O2S/c1-4-11-25(21(27)14-16(2)3)15-22(28)26-12-9-20-19(10-13-29-20)23(26)17-5-7-18(24)8-6-17/h5-8,10,13,16,23H,4,9,11-12,14-15H2,1-3H3. The van der Waals surface area contributed by atoms with Crippen molar-refractivity contribution in [3.63, 3.8) is 0 Å². The van der Waals surface area contributed by atoms with Gasteiger partial charge in [0.1, 0.15) is 0 Å².